The number of amides is 3. The second-order valence-electron chi connectivity index (χ2n) is 7.80. The highest BCUT2D eigenvalue weighted by atomic mass is 16.7. The molecule has 3 amide bonds. The third kappa shape index (κ3) is 5.57. The van der Waals surface area contributed by atoms with Crippen molar-refractivity contribution in [1.29, 1.82) is 0 Å². The molecule has 4 rings (SSSR count). The number of carbonyl (C=O) groups is 3. The molecule has 0 bridgehead atoms. The summed E-state index contributed by atoms with van der Waals surface area (Å²) in [7, 11) is 3.10. The summed E-state index contributed by atoms with van der Waals surface area (Å²) in [6.07, 6.45) is -0.181. The average molecular weight is 485 g/mol. The fourth-order valence-corrected chi connectivity index (χ4v) is 3.81. The van der Waals surface area contributed by atoms with Crippen LogP contribution in [-0.4, -0.2) is 76.1 Å². The van der Waals surface area contributed by atoms with Gasteiger partial charge in [-0.3, -0.25) is 14.4 Å². The summed E-state index contributed by atoms with van der Waals surface area (Å²) < 4.78 is 26.7. The maximum Gasteiger partial charge on any atom is 0.309 e. The van der Waals surface area contributed by atoms with Crippen LogP contribution < -0.4 is 29.6 Å². The van der Waals surface area contributed by atoms with Crippen LogP contribution >= 0.6 is 0 Å². The van der Waals surface area contributed by atoms with Gasteiger partial charge in [0.2, 0.25) is 6.79 Å². The van der Waals surface area contributed by atoms with Crippen LogP contribution in [0.3, 0.4) is 0 Å². The lowest BCUT2D eigenvalue weighted by atomic mass is 10.1. The largest absolute Gasteiger partial charge is 0.493 e. The molecule has 2 heterocycles. The Bertz CT molecular complexity index is 1110. The number of hydrogen-bond donors (Lipinski definition) is 2. The van der Waals surface area contributed by atoms with Gasteiger partial charge in [-0.2, -0.15) is 0 Å². The number of ether oxygens (including phenoxy) is 5. The normalized spacial score (nSPS) is 16.1. The first kappa shape index (κ1) is 24.1. The minimum absolute atomic E-state index is 0.0157. The van der Waals surface area contributed by atoms with Crippen molar-refractivity contribution in [1.82, 2.24) is 15.5 Å². The predicted molar refractivity (Wildman–Crippen MR) is 123 cm³/mol. The molecule has 0 saturated carbocycles. The van der Waals surface area contributed by atoms with Gasteiger partial charge in [-0.15, -0.1) is 0 Å². The molecule has 0 radical (unpaired) electrons. The molecule has 2 aromatic carbocycles. The van der Waals surface area contributed by atoms with E-state index in [1.807, 2.05) is 12.1 Å². The van der Waals surface area contributed by atoms with Crippen LogP contribution in [0, 0.1) is 0 Å². The maximum absolute atomic E-state index is 12.9. The van der Waals surface area contributed by atoms with Gasteiger partial charge < -0.3 is 39.2 Å². The molecule has 186 valence electrons. The Labute approximate surface area is 202 Å². The monoisotopic (exact) mass is 485 g/mol. The summed E-state index contributed by atoms with van der Waals surface area (Å²) in [5, 5.41) is 5.12. The van der Waals surface area contributed by atoms with E-state index in [1.54, 1.807) is 38.5 Å². The van der Waals surface area contributed by atoms with E-state index in [4.69, 9.17) is 23.7 Å². The molecule has 2 aliphatic rings. The van der Waals surface area contributed by atoms with Crippen LogP contribution in [0.25, 0.3) is 0 Å². The van der Waals surface area contributed by atoms with Crippen LogP contribution in [-0.2, 0) is 20.7 Å². The van der Waals surface area contributed by atoms with Crippen molar-refractivity contribution in [2.45, 2.75) is 12.6 Å². The van der Waals surface area contributed by atoms with Crippen LogP contribution in [0.15, 0.2) is 36.4 Å². The van der Waals surface area contributed by atoms with Crippen LogP contribution in [0.2, 0.25) is 0 Å². The smallest absolute Gasteiger partial charge is 0.309 e. The van der Waals surface area contributed by atoms with E-state index in [0.29, 0.717) is 48.1 Å². The molecule has 1 fully saturated rings. The third-order valence-corrected chi connectivity index (χ3v) is 5.66. The third-order valence-electron chi connectivity index (χ3n) is 5.66. The Balaban J connectivity index is 1.24. The molecule has 0 spiro atoms. The van der Waals surface area contributed by atoms with Gasteiger partial charge in [-0.05, 0) is 42.3 Å². The standard InChI is InChI=1S/C24H27N3O8/c1-31-17-5-3-15(11-19(17)32-2)7-8-25-22(28)23(29)26-13-21-27(9-10-33-21)24(30)16-4-6-18-20(12-16)35-14-34-18/h3-6,11-12,21H,7-10,13-14H2,1-2H3,(H,25,28)(H,26,29)/t21-/m0/s1. The molecule has 0 aromatic heterocycles. The summed E-state index contributed by atoms with van der Waals surface area (Å²) in [6.45, 7) is 1.05. The van der Waals surface area contributed by atoms with Gasteiger partial charge in [0.05, 0.1) is 27.4 Å². The number of hydrogen-bond acceptors (Lipinski definition) is 8. The number of carbonyl (C=O) groups excluding carboxylic acids is 3. The minimum atomic E-state index is -0.803. The summed E-state index contributed by atoms with van der Waals surface area (Å²) in [6, 6.07) is 10.4. The second kappa shape index (κ2) is 11.0. The lowest BCUT2D eigenvalue weighted by Crippen LogP contribution is -2.47. The van der Waals surface area contributed by atoms with E-state index < -0.39 is 18.0 Å². The average Bonchev–Trinajstić information content (AvgIpc) is 3.55. The number of benzene rings is 2. The van der Waals surface area contributed by atoms with Crippen LogP contribution in [0.1, 0.15) is 15.9 Å². The van der Waals surface area contributed by atoms with Gasteiger partial charge >= 0.3 is 11.8 Å². The molecule has 1 saturated heterocycles. The zero-order valence-corrected chi connectivity index (χ0v) is 19.5. The molecular weight excluding hydrogens is 458 g/mol. The highest BCUT2D eigenvalue weighted by Gasteiger charge is 2.32. The summed E-state index contributed by atoms with van der Waals surface area (Å²) in [5.74, 6) is 0.455. The van der Waals surface area contributed by atoms with Gasteiger partial charge in [0.1, 0.15) is 6.23 Å². The Kier molecular flexibility index (Phi) is 7.56. The first-order valence-electron chi connectivity index (χ1n) is 11.1. The SMILES string of the molecule is COc1ccc(CCNC(=O)C(=O)NC[C@@H]2OCCN2C(=O)c2ccc3c(c2)OCO3)cc1OC. The van der Waals surface area contributed by atoms with E-state index in [9.17, 15) is 14.4 Å². The van der Waals surface area contributed by atoms with Crippen molar-refractivity contribution in [2.75, 3.05) is 47.3 Å². The molecule has 2 N–H and O–H groups in total. The molecule has 1 atom stereocenters. The Morgan fingerprint density at radius 1 is 0.971 bits per heavy atom. The van der Waals surface area contributed by atoms with Gasteiger partial charge in [-0.1, -0.05) is 6.07 Å². The van der Waals surface area contributed by atoms with E-state index in [2.05, 4.69) is 10.6 Å². The van der Waals surface area contributed by atoms with Gasteiger partial charge in [0.25, 0.3) is 5.91 Å². The summed E-state index contributed by atoms with van der Waals surface area (Å²) in [4.78, 5) is 38.9. The fraction of sp³-hybridized carbons (Fsp3) is 0.375. The first-order chi connectivity index (χ1) is 17.0. The lowest BCUT2D eigenvalue weighted by molar-refractivity contribution is -0.139. The molecular formula is C24H27N3O8. The van der Waals surface area contributed by atoms with Gasteiger partial charge in [-0.25, -0.2) is 0 Å². The van der Waals surface area contributed by atoms with Crippen molar-refractivity contribution in [2.24, 2.45) is 0 Å². The van der Waals surface area contributed by atoms with Crippen molar-refractivity contribution in [3.8, 4) is 23.0 Å². The summed E-state index contributed by atoms with van der Waals surface area (Å²) in [5.41, 5.74) is 1.34. The molecule has 11 heteroatoms. The van der Waals surface area contributed by atoms with Crippen molar-refractivity contribution >= 4 is 17.7 Å². The zero-order chi connectivity index (χ0) is 24.8. The van der Waals surface area contributed by atoms with Crippen molar-refractivity contribution in [3.63, 3.8) is 0 Å². The van der Waals surface area contributed by atoms with Crippen molar-refractivity contribution < 1.29 is 38.1 Å². The quantitative estimate of drug-likeness (QED) is 0.524. The minimum Gasteiger partial charge on any atom is -0.493 e. The Morgan fingerprint density at radius 3 is 2.54 bits per heavy atom. The molecule has 2 aliphatic heterocycles. The molecule has 0 aliphatic carbocycles. The van der Waals surface area contributed by atoms with E-state index >= 15 is 0 Å². The fourth-order valence-electron chi connectivity index (χ4n) is 3.81. The molecule has 35 heavy (non-hydrogen) atoms. The van der Waals surface area contributed by atoms with E-state index in [0.717, 1.165) is 5.56 Å². The van der Waals surface area contributed by atoms with Gasteiger partial charge in [0, 0.05) is 18.7 Å². The topological polar surface area (TPSA) is 125 Å². The number of nitrogens with one attached hydrogen (secondary N) is 2. The number of rotatable bonds is 8. The van der Waals surface area contributed by atoms with E-state index in [-0.39, 0.29) is 25.8 Å². The van der Waals surface area contributed by atoms with E-state index in [1.165, 1.54) is 4.90 Å². The molecule has 2 aromatic rings. The summed E-state index contributed by atoms with van der Waals surface area (Å²) >= 11 is 0. The van der Waals surface area contributed by atoms with Crippen LogP contribution in [0.4, 0.5) is 0 Å². The predicted octanol–water partition coefficient (Wildman–Crippen LogP) is 0.706. The molecule has 11 nitrogen and oxygen atoms in total. The first-order valence-corrected chi connectivity index (χ1v) is 11.1. The maximum atomic E-state index is 12.9. The van der Waals surface area contributed by atoms with Crippen LogP contribution in [0.5, 0.6) is 23.0 Å². The number of fused-ring (bicyclic) bond motifs is 1. The lowest BCUT2D eigenvalue weighted by Gasteiger charge is -2.23. The second-order valence-corrected chi connectivity index (χ2v) is 7.80. The molecule has 0 unspecified atom stereocenters. The Hall–Kier alpha value is -3.99. The Morgan fingerprint density at radius 2 is 1.74 bits per heavy atom. The highest BCUT2D eigenvalue weighted by molar-refractivity contribution is 6.35. The zero-order valence-electron chi connectivity index (χ0n) is 19.5. The number of nitrogens with zero attached hydrogens (tertiary/aromatic N) is 1. The van der Waals surface area contributed by atoms with Crippen molar-refractivity contribution in [3.05, 3.63) is 47.5 Å². The van der Waals surface area contributed by atoms with Gasteiger partial charge in [0.15, 0.2) is 23.0 Å². The highest BCUT2D eigenvalue weighted by Crippen LogP contribution is 2.33. The number of methoxy groups -OCH3 is 2.